The molecule has 0 aromatic carbocycles. The lowest BCUT2D eigenvalue weighted by atomic mass is 9.71. The second-order valence-electron chi connectivity index (χ2n) is 8.27. The summed E-state index contributed by atoms with van der Waals surface area (Å²) in [6.07, 6.45) is 6.99. The molecular weight excluding hydrogens is 246 g/mol. The van der Waals surface area contributed by atoms with Gasteiger partial charge in [-0.25, -0.2) is 0 Å². The number of carbonyl (C=O) groups excluding carboxylic acids is 1. The number of Topliss-reactive ketones (excluding diaryl/α,β-unsaturated/α-hetero) is 1. The van der Waals surface area contributed by atoms with Gasteiger partial charge in [-0.2, -0.15) is 0 Å². The lowest BCUT2D eigenvalue weighted by Gasteiger charge is -2.36. The van der Waals surface area contributed by atoms with Crippen molar-refractivity contribution in [2.24, 2.45) is 23.2 Å². The average Bonchev–Trinajstić information content (AvgIpc) is 2.59. The maximum atomic E-state index is 12.2. The molecule has 0 spiro atoms. The summed E-state index contributed by atoms with van der Waals surface area (Å²) in [6.45, 7) is 12.8. The van der Waals surface area contributed by atoms with E-state index in [9.17, 15) is 4.79 Å². The summed E-state index contributed by atoms with van der Waals surface area (Å²) in [5, 5.41) is 0. The van der Waals surface area contributed by atoms with Crippen molar-refractivity contribution in [3.63, 3.8) is 0 Å². The van der Waals surface area contributed by atoms with Gasteiger partial charge in [-0.3, -0.25) is 4.79 Å². The van der Waals surface area contributed by atoms with Crippen molar-refractivity contribution in [2.75, 3.05) is 19.6 Å². The molecule has 2 nitrogen and oxygen atoms in total. The predicted molar refractivity (Wildman–Crippen MR) is 84.7 cm³/mol. The van der Waals surface area contributed by atoms with Crippen LogP contribution in [-0.4, -0.2) is 30.3 Å². The highest BCUT2D eigenvalue weighted by atomic mass is 16.1. The highest BCUT2D eigenvalue weighted by Gasteiger charge is 2.34. The van der Waals surface area contributed by atoms with Crippen LogP contribution < -0.4 is 0 Å². The maximum absolute atomic E-state index is 12.2. The molecule has 2 heteroatoms. The summed E-state index contributed by atoms with van der Waals surface area (Å²) in [4.78, 5) is 14.8. The molecule has 0 amide bonds. The van der Waals surface area contributed by atoms with E-state index in [0.717, 1.165) is 37.6 Å². The first-order valence-electron chi connectivity index (χ1n) is 8.62. The Hall–Kier alpha value is -0.370. The molecule has 2 unspecified atom stereocenters. The molecule has 0 bridgehead atoms. The first-order valence-corrected chi connectivity index (χ1v) is 8.62. The van der Waals surface area contributed by atoms with Gasteiger partial charge in [0.15, 0.2) is 0 Å². The van der Waals surface area contributed by atoms with Crippen molar-refractivity contribution in [3.05, 3.63) is 0 Å². The Morgan fingerprint density at radius 3 is 2.70 bits per heavy atom. The van der Waals surface area contributed by atoms with Crippen molar-refractivity contribution in [1.29, 1.82) is 0 Å². The van der Waals surface area contributed by atoms with Crippen LogP contribution in [0.3, 0.4) is 0 Å². The predicted octanol–water partition coefficient (Wildman–Crippen LogP) is 4.14. The molecule has 1 aliphatic heterocycles. The third-order valence-corrected chi connectivity index (χ3v) is 5.59. The van der Waals surface area contributed by atoms with E-state index in [-0.39, 0.29) is 0 Å². The lowest BCUT2D eigenvalue weighted by molar-refractivity contribution is -0.127. The van der Waals surface area contributed by atoms with Gasteiger partial charge in [-0.15, -0.1) is 0 Å². The van der Waals surface area contributed by atoms with Gasteiger partial charge in [-0.1, -0.05) is 27.7 Å². The molecule has 0 N–H and O–H groups in total. The Bertz CT molecular complexity index is 334. The highest BCUT2D eigenvalue weighted by Crippen LogP contribution is 2.37. The Morgan fingerprint density at radius 2 is 2.00 bits per heavy atom. The summed E-state index contributed by atoms with van der Waals surface area (Å²) in [7, 11) is 0. The van der Waals surface area contributed by atoms with Gasteiger partial charge in [0.25, 0.3) is 0 Å². The van der Waals surface area contributed by atoms with E-state index < -0.39 is 0 Å². The van der Waals surface area contributed by atoms with Crippen LogP contribution in [0.25, 0.3) is 0 Å². The van der Waals surface area contributed by atoms with E-state index >= 15 is 0 Å². The van der Waals surface area contributed by atoms with Gasteiger partial charge < -0.3 is 4.90 Å². The van der Waals surface area contributed by atoms with Gasteiger partial charge in [0.1, 0.15) is 5.78 Å². The normalized spacial score (nSPS) is 32.4. The first kappa shape index (κ1) is 16.0. The molecular formula is C18H33NO. The number of nitrogens with zero attached hydrogens (tertiary/aromatic N) is 1. The molecule has 2 aliphatic rings. The van der Waals surface area contributed by atoms with Gasteiger partial charge in [0.05, 0.1) is 0 Å². The quantitative estimate of drug-likeness (QED) is 0.774. The SMILES string of the molecule is CC(C)C1CCCN(CC2CC(C)(C)CCC2=O)CC1. The van der Waals surface area contributed by atoms with Crippen LogP contribution in [0.15, 0.2) is 0 Å². The first-order chi connectivity index (χ1) is 9.37. The fourth-order valence-electron chi connectivity index (χ4n) is 4.06. The topological polar surface area (TPSA) is 20.3 Å². The molecule has 1 aliphatic carbocycles. The molecule has 1 heterocycles. The van der Waals surface area contributed by atoms with Crippen LogP contribution in [0.2, 0.25) is 0 Å². The Balaban J connectivity index is 1.87. The second kappa shape index (κ2) is 6.60. The lowest BCUT2D eigenvalue weighted by Crippen LogP contribution is -2.39. The molecule has 0 aromatic rings. The van der Waals surface area contributed by atoms with E-state index in [2.05, 4.69) is 32.6 Å². The zero-order valence-corrected chi connectivity index (χ0v) is 14.0. The largest absolute Gasteiger partial charge is 0.303 e. The summed E-state index contributed by atoms with van der Waals surface area (Å²) in [5.41, 5.74) is 0.366. The number of likely N-dealkylation sites (tertiary alicyclic amines) is 1. The molecule has 2 atom stereocenters. The molecule has 2 rings (SSSR count). The summed E-state index contributed by atoms with van der Waals surface area (Å²) in [6, 6.07) is 0. The average molecular weight is 279 g/mol. The van der Waals surface area contributed by atoms with Crippen molar-refractivity contribution in [2.45, 2.75) is 66.2 Å². The van der Waals surface area contributed by atoms with Crippen molar-refractivity contribution in [3.8, 4) is 0 Å². The minimum absolute atomic E-state index is 0.300. The number of hydrogen-bond donors (Lipinski definition) is 0. The third kappa shape index (κ3) is 4.31. The second-order valence-corrected chi connectivity index (χ2v) is 8.27. The van der Waals surface area contributed by atoms with Crippen LogP contribution in [0, 0.1) is 23.2 Å². The van der Waals surface area contributed by atoms with E-state index in [1.54, 1.807) is 0 Å². The molecule has 1 saturated heterocycles. The van der Waals surface area contributed by atoms with Crippen LogP contribution in [0.4, 0.5) is 0 Å². The van der Waals surface area contributed by atoms with E-state index in [0.29, 0.717) is 17.1 Å². The number of ketones is 1. The Morgan fingerprint density at radius 1 is 1.25 bits per heavy atom. The Labute approximate surface area is 125 Å². The van der Waals surface area contributed by atoms with E-state index in [1.807, 2.05) is 0 Å². The zero-order chi connectivity index (χ0) is 14.8. The summed E-state index contributed by atoms with van der Waals surface area (Å²) < 4.78 is 0. The molecule has 116 valence electrons. The van der Waals surface area contributed by atoms with E-state index in [4.69, 9.17) is 0 Å². The molecule has 0 radical (unpaired) electrons. The van der Waals surface area contributed by atoms with Gasteiger partial charge in [-0.05, 0) is 62.4 Å². The van der Waals surface area contributed by atoms with Gasteiger partial charge in [0.2, 0.25) is 0 Å². The van der Waals surface area contributed by atoms with E-state index in [1.165, 1.54) is 32.4 Å². The van der Waals surface area contributed by atoms with Crippen LogP contribution in [-0.2, 0) is 4.79 Å². The summed E-state index contributed by atoms with van der Waals surface area (Å²) >= 11 is 0. The van der Waals surface area contributed by atoms with Crippen LogP contribution in [0.1, 0.15) is 66.2 Å². The van der Waals surface area contributed by atoms with Crippen LogP contribution in [0.5, 0.6) is 0 Å². The number of rotatable bonds is 3. The van der Waals surface area contributed by atoms with Gasteiger partial charge >= 0.3 is 0 Å². The third-order valence-electron chi connectivity index (χ3n) is 5.59. The van der Waals surface area contributed by atoms with Crippen molar-refractivity contribution in [1.82, 2.24) is 4.90 Å². The van der Waals surface area contributed by atoms with Gasteiger partial charge in [0, 0.05) is 18.9 Å². The number of carbonyl (C=O) groups is 1. The number of hydrogen-bond acceptors (Lipinski definition) is 2. The minimum Gasteiger partial charge on any atom is -0.303 e. The van der Waals surface area contributed by atoms with Crippen molar-refractivity contribution >= 4 is 5.78 Å². The highest BCUT2D eigenvalue weighted by molar-refractivity contribution is 5.82. The molecule has 1 saturated carbocycles. The monoisotopic (exact) mass is 279 g/mol. The molecule has 2 fully saturated rings. The molecule has 0 aromatic heterocycles. The summed E-state index contributed by atoms with van der Waals surface area (Å²) in [5.74, 6) is 2.52. The van der Waals surface area contributed by atoms with Crippen molar-refractivity contribution < 1.29 is 4.79 Å². The zero-order valence-electron chi connectivity index (χ0n) is 14.0. The minimum atomic E-state index is 0.300. The fourth-order valence-corrected chi connectivity index (χ4v) is 4.06. The maximum Gasteiger partial charge on any atom is 0.137 e. The Kier molecular flexibility index (Phi) is 5.28. The van der Waals surface area contributed by atoms with Crippen LogP contribution >= 0.6 is 0 Å². The standard InChI is InChI=1S/C18H33NO/c1-14(2)15-6-5-10-19(11-8-15)13-16-12-18(3,4)9-7-17(16)20/h14-16H,5-13H2,1-4H3. The molecule has 20 heavy (non-hydrogen) atoms. The smallest absolute Gasteiger partial charge is 0.137 e. The fraction of sp³-hybridized carbons (Fsp3) is 0.944.